The van der Waals surface area contributed by atoms with Gasteiger partial charge in [-0.1, -0.05) is 6.42 Å². The van der Waals surface area contributed by atoms with E-state index in [1.807, 2.05) is 0 Å². The first kappa shape index (κ1) is 12.3. The first-order valence-electron chi connectivity index (χ1n) is 6.56. The summed E-state index contributed by atoms with van der Waals surface area (Å²) in [6, 6.07) is 0. The summed E-state index contributed by atoms with van der Waals surface area (Å²) >= 11 is 0. The Morgan fingerprint density at radius 3 is 1.59 bits per heavy atom. The van der Waals surface area contributed by atoms with E-state index >= 15 is 0 Å². The number of carbonyl (C=O) groups excluding carboxylic acids is 1. The zero-order valence-corrected chi connectivity index (χ0v) is 11.6. The lowest BCUT2D eigenvalue weighted by Gasteiger charge is -2.27. The van der Waals surface area contributed by atoms with Crippen molar-refractivity contribution in [3.05, 3.63) is 33.4 Å². The summed E-state index contributed by atoms with van der Waals surface area (Å²) in [5.41, 5.74) is 7.32. The Kier molecular flexibility index (Phi) is 3.11. The Balaban J connectivity index is 2.56. The van der Waals surface area contributed by atoms with Gasteiger partial charge in [0, 0.05) is 11.5 Å². The van der Waals surface area contributed by atoms with Crippen molar-refractivity contribution in [1.82, 2.24) is 0 Å². The van der Waals surface area contributed by atoms with E-state index < -0.39 is 0 Å². The van der Waals surface area contributed by atoms with Crippen LogP contribution in [0.4, 0.5) is 0 Å². The van der Waals surface area contributed by atoms with Crippen molar-refractivity contribution in [3.8, 4) is 0 Å². The van der Waals surface area contributed by atoms with Gasteiger partial charge in [0.2, 0.25) is 0 Å². The molecule has 0 N–H and O–H groups in total. The van der Waals surface area contributed by atoms with Crippen molar-refractivity contribution in [2.24, 2.45) is 5.92 Å². The number of hydrogen-bond acceptors (Lipinski definition) is 1. The molecule has 0 amide bonds. The molecule has 92 valence electrons. The van der Waals surface area contributed by atoms with Crippen molar-refractivity contribution in [2.75, 3.05) is 0 Å². The average Bonchev–Trinajstić information content (AvgIpc) is 2.21. The van der Waals surface area contributed by atoms with Crippen LogP contribution in [0.1, 0.15) is 57.4 Å². The minimum atomic E-state index is 0.300. The molecule has 0 aliphatic heterocycles. The zero-order chi connectivity index (χ0) is 12.7. The van der Waals surface area contributed by atoms with Crippen LogP contribution in [0, 0.1) is 40.5 Å². The molecule has 0 heterocycles. The second-order valence-electron chi connectivity index (χ2n) is 5.49. The fraction of sp³-hybridized carbons (Fsp3) is 0.562. The molecule has 1 aromatic rings. The van der Waals surface area contributed by atoms with Gasteiger partial charge >= 0.3 is 0 Å². The summed E-state index contributed by atoms with van der Waals surface area (Å²) in [6.07, 6.45) is 3.39. The molecule has 1 nitrogen and oxygen atoms in total. The second-order valence-corrected chi connectivity index (χ2v) is 5.49. The van der Waals surface area contributed by atoms with Gasteiger partial charge in [-0.25, -0.2) is 0 Å². The number of carbonyl (C=O) groups is 1. The first-order valence-corrected chi connectivity index (χ1v) is 6.56. The highest BCUT2D eigenvalue weighted by atomic mass is 16.1. The lowest BCUT2D eigenvalue weighted by molar-refractivity contribution is 0.0853. The number of Topliss-reactive ketones (excluding diaryl/α,β-unsaturated/α-hetero) is 1. The smallest absolute Gasteiger partial charge is 0.166 e. The van der Waals surface area contributed by atoms with Crippen LogP contribution in [0.5, 0.6) is 0 Å². The summed E-state index contributed by atoms with van der Waals surface area (Å²) in [5, 5.41) is 0. The second kappa shape index (κ2) is 4.29. The summed E-state index contributed by atoms with van der Waals surface area (Å²) in [5.74, 6) is 0.686. The lowest BCUT2D eigenvalue weighted by atomic mass is 9.76. The summed E-state index contributed by atoms with van der Waals surface area (Å²) in [6.45, 7) is 10.6. The van der Waals surface area contributed by atoms with Gasteiger partial charge in [0.1, 0.15) is 0 Å². The number of rotatable bonds is 2. The van der Waals surface area contributed by atoms with Crippen LogP contribution in [-0.4, -0.2) is 5.78 Å². The molecule has 0 aromatic heterocycles. The molecule has 0 bridgehead atoms. The first-order chi connectivity index (χ1) is 7.95. The molecule has 1 aromatic carbocycles. The lowest BCUT2D eigenvalue weighted by Crippen LogP contribution is -2.24. The molecule has 2 rings (SSSR count). The molecule has 17 heavy (non-hydrogen) atoms. The van der Waals surface area contributed by atoms with Gasteiger partial charge in [-0.15, -0.1) is 0 Å². The molecule has 1 fully saturated rings. The van der Waals surface area contributed by atoms with E-state index in [-0.39, 0.29) is 0 Å². The third kappa shape index (κ3) is 1.82. The normalized spacial score (nSPS) is 15.8. The van der Waals surface area contributed by atoms with Crippen LogP contribution in [0.3, 0.4) is 0 Å². The van der Waals surface area contributed by atoms with Gasteiger partial charge in [0.15, 0.2) is 5.78 Å². The van der Waals surface area contributed by atoms with E-state index in [1.54, 1.807) is 0 Å². The molecule has 1 aliphatic carbocycles. The Morgan fingerprint density at radius 1 is 0.824 bits per heavy atom. The highest BCUT2D eigenvalue weighted by Crippen LogP contribution is 2.34. The molecule has 0 spiro atoms. The standard InChI is InChI=1S/C16H22O/c1-9-10(2)12(4)15(13(5)11(9)3)16(17)14-7-6-8-14/h14H,6-8H2,1-5H3. The quantitative estimate of drug-likeness (QED) is 0.695. The molecular formula is C16H22O. The van der Waals surface area contributed by atoms with Gasteiger partial charge in [-0.3, -0.25) is 4.79 Å². The third-order valence-corrected chi connectivity index (χ3v) is 4.72. The van der Waals surface area contributed by atoms with Crippen LogP contribution >= 0.6 is 0 Å². The Morgan fingerprint density at radius 2 is 1.24 bits per heavy atom. The highest BCUT2D eigenvalue weighted by Gasteiger charge is 2.29. The van der Waals surface area contributed by atoms with E-state index in [0.717, 1.165) is 18.4 Å². The maximum Gasteiger partial charge on any atom is 0.166 e. The van der Waals surface area contributed by atoms with Gasteiger partial charge in [-0.05, 0) is 75.3 Å². The number of hydrogen-bond donors (Lipinski definition) is 0. The van der Waals surface area contributed by atoms with Gasteiger partial charge in [-0.2, -0.15) is 0 Å². The molecular weight excluding hydrogens is 208 g/mol. The molecule has 1 aliphatic rings. The third-order valence-electron chi connectivity index (χ3n) is 4.72. The number of benzene rings is 1. The number of ketones is 1. The maximum atomic E-state index is 12.5. The Bertz CT molecular complexity index is 450. The molecule has 0 radical (unpaired) electrons. The van der Waals surface area contributed by atoms with Crippen molar-refractivity contribution in [1.29, 1.82) is 0 Å². The fourth-order valence-corrected chi connectivity index (χ4v) is 2.74. The molecule has 1 saturated carbocycles. The molecule has 0 atom stereocenters. The van der Waals surface area contributed by atoms with Crippen LogP contribution in [0.25, 0.3) is 0 Å². The fourth-order valence-electron chi connectivity index (χ4n) is 2.74. The van der Waals surface area contributed by atoms with Crippen molar-refractivity contribution in [3.63, 3.8) is 0 Å². The SMILES string of the molecule is Cc1c(C)c(C)c(C(=O)C2CCC2)c(C)c1C. The largest absolute Gasteiger partial charge is 0.294 e. The topological polar surface area (TPSA) is 17.1 Å². The Labute approximate surface area is 104 Å². The van der Waals surface area contributed by atoms with Crippen LogP contribution in [0.15, 0.2) is 0 Å². The summed E-state index contributed by atoms with van der Waals surface area (Å²) in [4.78, 5) is 12.5. The van der Waals surface area contributed by atoms with Crippen molar-refractivity contribution < 1.29 is 4.79 Å². The average molecular weight is 230 g/mol. The maximum absolute atomic E-state index is 12.5. The van der Waals surface area contributed by atoms with Crippen molar-refractivity contribution in [2.45, 2.75) is 53.9 Å². The molecule has 1 heteroatoms. The highest BCUT2D eigenvalue weighted by molar-refractivity contribution is 6.01. The minimum Gasteiger partial charge on any atom is -0.294 e. The van der Waals surface area contributed by atoms with Crippen LogP contribution < -0.4 is 0 Å². The van der Waals surface area contributed by atoms with Gasteiger partial charge < -0.3 is 0 Å². The monoisotopic (exact) mass is 230 g/mol. The zero-order valence-electron chi connectivity index (χ0n) is 11.6. The van der Waals surface area contributed by atoms with E-state index in [2.05, 4.69) is 34.6 Å². The minimum absolute atomic E-state index is 0.300. The summed E-state index contributed by atoms with van der Waals surface area (Å²) < 4.78 is 0. The van der Waals surface area contributed by atoms with Gasteiger partial charge in [0.05, 0.1) is 0 Å². The Hall–Kier alpha value is -1.11. The van der Waals surface area contributed by atoms with E-state index in [1.165, 1.54) is 34.2 Å². The predicted octanol–water partition coefficient (Wildman–Crippen LogP) is 4.21. The van der Waals surface area contributed by atoms with E-state index in [4.69, 9.17) is 0 Å². The van der Waals surface area contributed by atoms with Gasteiger partial charge in [0.25, 0.3) is 0 Å². The van der Waals surface area contributed by atoms with Crippen LogP contribution in [-0.2, 0) is 0 Å². The van der Waals surface area contributed by atoms with Crippen LogP contribution in [0.2, 0.25) is 0 Å². The predicted molar refractivity (Wildman–Crippen MR) is 71.8 cm³/mol. The van der Waals surface area contributed by atoms with E-state index in [9.17, 15) is 4.79 Å². The van der Waals surface area contributed by atoms with E-state index in [0.29, 0.717) is 11.7 Å². The summed E-state index contributed by atoms with van der Waals surface area (Å²) in [7, 11) is 0. The van der Waals surface area contributed by atoms with Crippen molar-refractivity contribution >= 4 is 5.78 Å². The molecule has 0 unspecified atom stereocenters. The molecule has 0 saturated heterocycles.